The Labute approximate surface area is 174 Å². The van der Waals surface area contributed by atoms with Gasteiger partial charge < -0.3 is 5.73 Å². The van der Waals surface area contributed by atoms with Gasteiger partial charge in [0.1, 0.15) is 6.17 Å². The summed E-state index contributed by atoms with van der Waals surface area (Å²) in [5.74, 6) is 5.90. The van der Waals surface area contributed by atoms with Crippen LogP contribution in [0.15, 0.2) is 90.0 Å². The zero-order valence-electron chi connectivity index (χ0n) is 16.3. The Hall–Kier alpha value is -2.75. The van der Waals surface area contributed by atoms with Gasteiger partial charge in [-0.15, -0.1) is 6.58 Å². The van der Waals surface area contributed by atoms with Crippen molar-refractivity contribution in [1.29, 1.82) is 0 Å². The van der Waals surface area contributed by atoms with Crippen LogP contribution in [0, 0.1) is 17.3 Å². The van der Waals surface area contributed by atoms with Crippen molar-refractivity contribution in [3.63, 3.8) is 0 Å². The minimum Gasteiger partial charge on any atom is -0.310 e. The van der Waals surface area contributed by atoms with Crippen molar-refractivity contribution in [2.75, 3.05) is 0 Å². The predicted molar refractivity (Wildman–Crippen MR) is 117 cm³/mol. The second-order valence-corrected chi connectivity index (χ2v) is 9.12. The van der Waals surface area contributed by atoms with Crippen molar-refractivity contribution in [2.24, 2.45) is 11.1 Å². The van der Waals surface area contributed by atoms with Crippen molar-refractivity contribution in [1.82, 2.24) is 4.31 Å². The van der Waals surface area contributed by atoms with E-state index in [0.717, 1.165) is 5.56 Å². The number of allylic oxidation sites excluding steroid dienone is 1. The highest BCUT2D eigenvalue weighted by molar-refractivity contribution is 7.89. The summed E-state index contributed by atoms with van der Waals surface area (Å²) in [6.45, 7) is 5.64. The molecule has 2 aromatic rings. The summed E-state index contributed by atoms with van der Waals surface area (Å²) in [5.41, 5.74) is 7.19. The number of nitrogens with zero attached hydrogens (tertiary/aromatic N) is 1. The van der Waals surface area contributed by atoms with E-state index in [9.17, 15) is 8.42 Å². The van der Waals surface area contributed by atoms with Crippen LogP contribution in [0.4, 0.5) is 0 Å². The Balaban J connectivity index is 2.07. The van der Waals surface area contributed by atoms with Gasteiger partial charge in [-0.05, 0) is 30.7 Å². The number of benzene rings is 2. The third-order valence-electron chi connectivity index (χ3n) is 5.19. The topological polar surface area (TPSA) is 63.4 Å². The number of rotatable bonds is 5. The molecule has 4 nitrogen and oxygen atoms in total. The Morgan fingerprint density at radius 2 is 1.76 bits per heavy atom. The third-order valence-corrected chi connectivity index (χ3v) is 6.95. The van der Waals surface area contributed by atoms with Crippen LogP contribution < -0.4 is 5.73 Å². The number of hydrogen-bond donors (Lipinski definition) is 1. The van der Waals surface area contributed by atoms with Gasteiger partial charge in [-0.25, -0.2) is 8.42 Å². The van der Waals surface area contributed by atoms with Crippen LogP contribution in [-0.2, 0) is 10.0 Å². The highest BCUT2D eigenvalue weighted by atomic mass is 32.2. The van der Waals surface area contributed by atoms with Crippen LogP contribution in [0.2, 0.25) is 5.82 Å². The van der Waals surface area contributed by atoms with Gasteiger partial charge in [-0.3, -0.25) is 4.31 Å². The molecule has 0 bridgehead atoms. The van der Waals surface area contributed by atoms with Crippen molar-refractivity contribution < 1.29 is 8.42 Å². The summed E-state index contributed by atoms with van der Waals surface area (Å²) in [6.07, 6.45) is 2.76. The molecular formula is C23H23BN2O2S. The normalized spacial score (nSPS) is 22.3. The molecule has 2 radical (unpaired) electrons. The van der Waals surface area contributed by atoms with E-state index in [1.165, 1.54) is 4.31 Å². The molecule has 0 fully saturated rings. The predicted octanol–water partition coefficient (Wildman–Crippen LogP) is 3.45. The lowest BCUT2D eigenvalue weighted by atomic mass is 9.69. The van der Waals surface area contributed by atoms with E-state index in [0.29, 0.717) is 12.0 Å². The monoisotopic (exact) mass is 402 g/mol. The van der Waals surface area contributed by atoms with Crippen LogP contribution in [0.1, 0.15) is 18.9 Å². The first-order chi connectivity index (χ1) is 13.8. The summed E-state index contributed by atoms with van der Waals surface area (Å²) < 4.78 is 27.6. The van der Waals surface area contributed by atoms with Crippen molar-refractivity contribution in [2.45, 2.75) is 30.2 Å². The van der Waals surface area contributed by atoms with E-state index in [1.54, 1.807) is 42.6 Å². The van der Waals surface area contributed by atoms with Crippen LogP contribution in [0.3, 0.4) is 0 Å². The summed E-state index contributed by atoms with van der Waals surface area (Å²) in [4.78, 5) is 0.180. The number of hydrogen-bond acceptors (Lipinski definition) is 3. The van der Waals surface area contributed by atoms with E-state index in [1.807, 2.05) is 37.3 Å². The molecule has 1 aliphatic heterocycles. The maximum absolute atomic E-state index is 13.2. The molecule has 2 N–H and O–H groups in total. The molecule has 0 saturated carbocycles. The Morgan fingerprint density at radius 1 is 1.17 bits per heavy atom. The third kappa shape index (κ3) is 4.17. The summed E-state index contributed by atoms with van der Waals surface area (Å²) in [7, 11) is 2.30. The van der Waals surface area contributed by atoms with E-state index in [4.69, 9.17) is 13.6 Å². The Morgan fingerprint density at radius 3 is 2.34 bits per heavy atom. The molecule has 1 heterocycles. The molecule has 6 heteroatoms. The van der Waals surface area contributed by atoms with Crippen molar-refractivity contribution in [3.8, 4) is 11.8 Å². The largest absolute Gasteiger partial charge is 0.310 e. The fourth-order valence-corrected chi connectivity index (χ4v) is 4.89. The molecule has 3 unspecified atom stereocenters. The Bertz CT molecular complexity index is 1070. The minimum absolute atomic E-state index is 0.180. The Kier molecular flexibility index (Phi) is 6.02. The molecule has 3 atom stereocenters. The van der Waals surface area contributed by atoms with Gasteiger partial charge in [0.25, 0.3) is 10.0 Å². The second kappa shape index (κ2) is 8.32. The average molecular weight is 402 g/mol. The summed E-state index contributed by atoms with van der Waals surface area (Å²) in [6, 6.07) is 17.7. The maximum atomic E-state index is 13.2. The molecule has 29 heavy (non-hydrogen) atoms. The average Bonchev–Trinajstić information content (AvgIpc) is 2.98. The number of nitrogens with two attached hydrogens (primary N) is 1. The standard InChI is InChI=1S/C23H23BN2O2S/c1-3-20(24)16-23(2)19(15-14-18-10-6-4-7-11-18)17-26(22(23)25)29(27,28)21-12-8-5-9-13-21/h3-13,17,20,22H,1,16,25H2,2H3. The minimum atomic E-state index is -3.82. The van der Waals surface area contributed by atoms with Gasteiger partial charge in [0, 0.05) is 22.8 Å². The van der Waals surface area contributed by atoms with Crippen molar-refractivity contribution >= 4 is 17.9 Å². The lowest BCUT2D eigenvalue weighted by molar-refractivity contribution is 0.244. The highest BCUT2D eigenvalue weighted by Crippen LogP contribution is 2.45. The van der Waals surface area contributed by atoms with E-state index in [2.05, 4.69) is 18.4 Å². The van der Waals surface area contributed by atoms with E-state index < -0.39 is 21.6 Å². The zero-order chi connectivity index (χ0) is 21.1. The number of sulfonamides is 1. The van der Waals surface area contributed by atoms with Crippen LogP contribution in [0.5, 0.6) is 0 Å². The lowest BCUT2D eigenvalue weighted by Crippen LogP contribution is -2.48. The fourth-order valence-electron chi connectivity index (χ4n) is 3.37. The first-order valence-electron chi connectivity index (χ1n) is 9.31. The lowest BCUT2D eigenvalue weighted by Gasteiger charge is -2.35. The van der Waals surface area contributed by atoms with E-state index in [-0.39, 0.29) is 10.7 Å². The molecule has 2 aromatic carbocycles. The van der Waals surface area contributed by atoms with Crippen molar-refractivity contribution in [3.05, 3.63) is 90.7 Å². The molecule has 0 amide bonds. The second-order valence-electron chi connectivity index (χ2n) is 7.27. The molecule has 1 aliphatic rings. The first-order valence-corrected chi connectivity index (χ1v) is 10.7. The van der Waals surface area contributed by atoms with Crippen LogP contribution in [-0.4, -0.2) is 26.7 Å². The maximum Gasteiger partial charge on any atom is 0.265 e. The molecule has 3 rings (SSSR count). The van der Waals surface area contributed by atoms with E-state index >= 15 is 0 Å². The van der Waals surface area contributed by atoms with Gasteiger partial charge in [-0.2, -0.15) is 0 Å². The molecule has 0 aliphatic carbocycles. The van der Waals surface area contributed by atoms with Crippen LogP contribution >= 0.6 is 0 Å². The molecule has 0 aromatic heterocycles. The zero-order valence-corrected chi connectivity index (χ0v) is 17.1. The first kappa shape index (κ1) is 21.0. The molecule has 146 valence electrons. The summed E-state index contributed by atoms with van der Waals surface area (Å²) in [5, 5.41) is 0. The summed E-state index contributed by atoms with van der Waals surface area (Å²) >= 11 is 0. The molecule has 0 saturated heterocycles. The highest BCUT2D eigenvalue weighted by Gasteiger charge is 2.47. The molecular weight excluding hydrogens is 379 g/mol. The van der Waals surface area contributed by atoms with Gasteiger partial charge in [0.05, 0.1) is 12.7 Å². The smallest absolute Gasteiger partial charge is 0.265 e. The quantitative estimate of drug-likeness (QED) is 0.473. The SMILES string of the molecule is [B]C(C=C)CC1(C)C(C#Cc2ccccc2)=CN(S(=O)(=O)c2ccccc2)C1N. The van der Waals surface area contributed by atoms with Crippen LogP contribution in [0.25, 0.3) is 0 Å². The fraction of sp³-hybridized carbons (Fsp3) is 0.217. The van der Waals surface area contributed by atoms with Gasteiger partial charge in [0.15, 0.2) is 0 Å². The molecule has 0 spiro atoms. The van der Waals surface area contributed by atoms with Gasteiger partial charge in [0.2, 0.25) is 0 Å². The van der Waals surface area contributed by atoms with Gasteiger partial charge >= 0.3 is 0 Å². The van der Waals surface area contributed by atoms with Gasteiger partial charge in [-0.1, -0.05) is 67.1 Å².